The van der Waals surface area contributed by atoms with Crippen LogP contribution >= 0.6 is 25.3 Å². The van der Waals surface area contributed by atoms with Crippen molar-refractivity contribution in [3.8, 4) is 0 Å². The molecule has 0 amide bonds. The molecule has 5 heteroatoms. The van der Waals surface area contributed by atoms with Crippen LogP contribution in [0, 0.1) is 0 Å². The summed E-state index contributed by atoms with van der Waals surface area (Å²) in [4.78, 5) is 0. The fourth-order valence-electron chi connectivity index (χ4n) is 2.34. The van der Waals surface area contributed by atoms with E-state index in [1.807, 2.05) is 0 Å². The topological polar surface area (TPSA) is 46.2 Å². The van der Waals surface area contributed by atoms with Crippen molar-refractivity contribution in [3.63, 3.8) is 0 Å². The number of rotatable bonds is 16. The minimum atomic E-state index is 0. The van der Waals surface area contributed by atoms with E-state index in [1.165, 1.54) is 83.5 Å². The number of aliphatic hydroxyl groups is 1. The summed E-state index contributed by atoms with van der Waals surface area (Å²) in [5, 5.41) is 8.65. The predicted molar refractivity (Wildman–Crippen MR) is 108 cm³/mol. The molecule has 0 aliphatic carbocycles. The Kier molecular flexibility index (Phi) is 39.5. The van der Waals surface area contributed by atoms with Gasteiger partial charge < -0.3 is 10.8 Å². The zero-order valence-electron chi connectivity index (χ0n) is 14.9. The van der Waals surface area contributed by atoms with Crippen LogP contribution in [-0.4, -0.2) is 29.8 Å². The molecule has 0 aliphatic heterocycles. The monoisotopic (exact) mass is 548 g/mol. The summed E-state index contributed by atoms with van der Waals surface area (Å²) in [7, 11) is 0. The molecule has 0 aliphatic rings. The standard InChI is InChI=1S/C16H34OS.C2H7NS.Au/c17-15-13-11-9-7-5-3-1-2-4-6-8-10-12-14-16-18;3-1-2-4;/h17-18H,1-16H2;4H,1-3H2;. The third-order valence-electron chi connectivity index (χ3n) is 3.70. The van der Waals surface area contributed by atoms with E-state index in [0.29, 0.717) is 13.2 Å². The summed E-state index contributed by atoms with van der Waals surface area (Å²) in [5.74, 6) is 1.85. The molecule has 0 unspecified atom stereocenters. The Labute approximate surface area is 172 Å². The van der Waals surface area contributed by atoms with Gasteiger partial charge in [0.25, 0.3) is 0 Å². The van der Waals surface area contributed by atoms with Crippen LogP contribution in [-0.2, 0) is 22.4 Å². The molecule has 0 aromatic heterocycles. The molecule has 0 aromatic rings. The van der Waals surface area contributed by atoms with Crippen LogP contribution in [0.5, 0.6) is 0 Å². The molecule has 1 radical (unpaired) electrons. The Morgan fingerprint density at radius 2 is 0.783 bits per heavy atom. The molecule has 0 spiro atoms. The minimum Gasteiger partial charge on any atom is -0.396 e. The molecular weight excluding hydrogens is 507 g/mol. The second-order valence-corrected chi connectivity index (χ2v) is 6.80. The van der Waals surface area contributed by atoms with Gasteiger partial charge in [0.2, 0.25) is 0 Å². The maximum absolute atomic E-state index is 8.65. The van der Waals surface area contributed by atoms with Crippen LogP contribution in [0.3, 0.4) is 0 Å². The summed E-state index contributed by atoms with van der Waals surface area (Å²) in [6.07, 6.45) is 18.9. The van der Waals surface area contributed by atoms with Crippen LogP contribution in [0.2, 0.25) is 0 Å². The van der Waals surface area contributed by atoms with Crippen molar-refractivity contribution in [3.05, 3.63) is 0 Å². The third kappa shape index (κ3) is 35.4. The largest absolute Gasteiger partial charge is 0.396 e. The van der Waals surface area contributed by atoms with E-state index < -0.39 is 0 Å². The van der Waals surface area contributed by atoms with Gasteiger partial charge in [-0.15, -0.1) is 0 Å². The Morgan fingerprint density at radius 3 is 1.00 bits per heavy atom. The molecule has 23 heavy (non-hydrogen) atoms. The maximum atomic E-state index is 8.65. The number of thiol groups is 2. The molecule has 0 saturated carbocycles. The third-order valence-corrected chi connectivity index (χ3v) is 4.27. The zero-order chi connectivity index (χ0) is 16.7. The number of hydrogen-bond donors (Lipinski definition) is 4. The smallest absolute Gasteiger partial charge is 0.0431 e. The Morgan fingerprint density at radius 1 is 0.522 bits per heavy atom. The zero-order valence-corrected chi connectivity index (χ0v) is 18.9. The second kappa shape index (κ2) is 31.2. The average Bonchev–Trinajstić information content (AvgIpc) is 2.55. The molecular formula is C18H41AuNOS2. The van der Waals surface area contributed by atoms with Crippen molar-refractivity contribution >= 4 is 25.3 Å². The van der Waals surface area contributed by atoms with Crippen LogP contribution in [0.4, 0.5) is 0 Å². The van der Waals surface area contributed by atoms with Gasteiger partial charge in [-0.05, 0) is 18.6 Å². The normalized spacial score (nSPS) is 9.91. The van der Waals surface area contributed by atoms with Crippen LogP contribution < -0.4 is 5.73 Å². The quantitative estimate of drug-likeness (QED) is 0.121. The van der Waals surface area contributed by atoms with E-state index in [-0.39, 0.29) is 22.4 Å². The first kappa shape index (κ1) is 29.1. The minimum absolute atomic E-state index is 0. The summed E-state index contributed by atoms with van der Waals surface area (Å²) >= 11 is 8.02. The molecule has 0 atom stereocenters. The van der Waals surface area contributed by atoms with E-state index in [0.717, 1.165) is 17.9 Å². The molecule has 147 valence electrons. The number of hydrogen-bond acceptors (Lipinski definition) is 4. The first-order chi connectivity index (χ1) is 10.8. The molecule has 0 aromatic carbocycles. The summed E-state index contributed by atoms with van der Waals surface area (Å²) in [5.41, 5.74) is 4.95. The van der Waals surface area contributed by atoms with E-state index in [1.54, 1.807) is 0 Å². The van der Waals surface area contributed by atoms with Crippen molar-refractivity contribution in [1.82, 2.24) is 0 Å². The van der Waals surface area contributed by atoms with Crippen molar-refractivity contribution < 1.29 is 27.5 Å². The van der Waals surface area contributed by atoms with Crippen molar-refractivity contribution in [2.75, 3.05) is 24.7 Å². The predicted octanol–water partition coefficient (Wildman–Crippen LogP) is 5.24. The van der Waals surface area contributed by atoms with Crippen molar-refractivity contribution in [2.24, 2.45) is 5.73 Å². The molecule has 0 heterocycles. The van der Waals surface area contributed by atoms with Gasteiger partial charge in [0, 0.05) is 41.3 Å². The first-order valence-electron chi connectivity index (χ1n) is 9.36. The van der Waals surface area contributed by atoms with Gasteiger partial charge in [-0.3, -0.25) is 0 Å². The van der Waals surface area contributed by atoms with Gasteiger partial charge in [0.05, 0.1) is 0 Å². The Hall–Kier alpha value is 1.36. The van der Waals surface area contributed by atoms with Gasteiger partial charge in [-0.1, -0.05) is 77.0 Å². The van der Waals surface area contributed by atoms with E-state index in [2.05, 4.69) is 25.3 Å². The summed E-state index contributed by atoms with van der Waals surface area (Å²) in [6.45, 7) is 1.05. The fourth-order valence-corrected chi connectivity index (χ4v) is 2.57. The van der Waals surface area contributed by atoms with Crippen LogP contribution in [0.25, 0.3) is 0 Å². The number of aliphatic hydroxyl groups excluding tert-OH is 1. The first-order valence-corrected chi connectivity index (χ1v) is 10.6. The van der Waals surface area contributed by atoms with Gasteiger partial charge >= 0.3 is 0 Å². The van der Waals surface area contributed by atoms with Gasteiger partial charge in [0.1, 0.15) is 0 Å². The molecule has 0 rings (SSSR count). The summed E-state index contributed by atoms with van der Waals surface area (Å²) in [6, 6.07) is 0. The van der Waals surface area contributed by atoms with E-state index in [9.17, 15) is 0 Å². The van der Waals surface area contributed by atoms with Crippen LogP contribution in [0.1, 0.15) is 89.9 Å². The molecule has 2 nitrogen and oxygen atoms in total. The Balaban J connectivity index is -0.000000712. The van der Waals surface area contributed by atoms with Gasteiger partial charge in [-0.25, -0.2) is 0 Å². The number of unbranched alkanes of at least 4 members (excludes halogenated alkanes) is 13. The maximum Gasteiger partial charge on any atom is 0.0431 e. The van der Waals surface area contributed by atoms with Crippen molar-refractivity contribution in [2.45, 2.75) is 89.9 Å². The molecule has 0 fully saturated rings. The average molecular weight is 549 g/mol. The van der Waals surface area contributed by atoms with Gasteiger partial charge in [0.15, 0.2) is 0 Å². The SMILES string of the molecule is NCCS.OCCCCCCCCCCCCCCCCS.[Au]. The second-order valence-electron chi connectivity index (χ2n) is 5.91. The van der Waals surface area contributed by atoms with Gasteiger partial charge in [-0.2, -0.15) is 25.3 Å². The number of nitrogens with two attached hydrogens (primary N) is 1. The molecule has 3 N–H and O–H groups in total. The van der Waals surface area contributed by atoms with Crippen molar-refractivity contribution in [1.29, 1.82) is 0 Å². The molecule has 0 bridgehead atoms. The summed E-state index contributed by atoms with van der Waals surface area (Å²) < 4.78 is 0. The van der Waals surface area contributed by atoms with E-state index in [4.69, 9.17) is 10.8 Å². The van der Waals surface area contributed by atoms with Crippen LogP contribution in [0.15, 0.2) is 0 Å². The molecule has 0 saturated heterocycles. The fraction of sp³-hybridized carbons (Fsp3) is 1.00. The Bertz CT molecular complexity index is 159. The van der Waals surface area contributed by atoms with E-state index >= 15 is 0 Å².